The van der Waals surface area contributed by atoms with Crippen molar-refractivity contribution in [3.05, 3.63) is 52.9 Å². The van der Waals surface area contributed by atoms with Crippen molar-refractivity contribution < 1.29 is 19.1 Å². The number of aromatic nitrogens is 1. The monoisotopic (exact) mass is 328 g/mol. The number of pyridine rings is 1. The Morgan fingerprint density at radius 3 is 2.92 bits per heavy atom. The van der Waals surface area contributed by atoms with Crippen molar-refractivity contribution in [1.29, 1.82) is 0 Å². The van der Waals surface area contributed by atoms with Crippen molar-refractivity contribution in [2.24, 2.45) is 11.7 Å². The minimum absolute atomic E-state index is 0.00273. The summed E-state index contributed by atoms with van der Waals surface area (Å²) in [4.78, 5) is 29.2. The van der Waals surface area contributed by atoms with Gasteiger partial charge in [-0.2, -0.15) is 0 Å². The van der Waals surface area contributed by atoms with Gasteiger partial charge in [0, 0.05) is 30.8 Å². The molecule has 0 bridgehead atoms. The summed E-state index contributed by atoms with van der Waals surface area (Å²) < 4.78 is 10.8. The fraction of sp³-hybridized carbons (Fsp3) is 0.389. The average molecular weight is 328 g/mol. The fourth-order valence-electron chi connectivity index (χ4n) is 3.28. The van der Waals surface area contributed by atoms with E-state index in [-0.39, 0.29) is 29.8 Å². The van der Waals surface area contributed by atoms with E-state index in [9.17, 15) is 9.59 Å². The van der Waals surface area contributed by atoms with Crippen molar-refractivity contribution in [2.75, 3.05) is 6.61 Å². The lowest BCUT2D eigenvalue weighted by molar-refractivity contribution is -0.139. The largest absolute Gasteiger partial charge is 0.462 e. The highest BCUT2D eigenvalue weighted by Gasteiger charge is 2.42. The summed E-state index contributed by atoms with van der Waals surface area (Å²) in [6.45, 7) is 3.92. The Bertz CT molecular complexity index is 737. The highest BCUT2D eigenvalue weighted by atomic mass is 16.5. The van der Waals surface area contributed by atoms with Crippen molar-refractivity contribution in [3.8, 4) is 0 Å². The quantitative estimate of drug-likeness (QED) is 0.855. The Morgan fingerprint density at radius 1 is 1.46 bits per heavy atom. The molecule has 0 fully saturated rings. The van der Waals surface area contributed by atoms with Gasteiger partial charge in [-0.1, -0.05) is 13.0 Å². The number of hydrogen-bond acceptors (Lipinski definition) is 6. The first-order valence-electron chi connectivity index (χ1n) is 8.03. The van der Waals surface area contributed by atoms with Gasteiger partial charge in [-0.15, -0.1) is 0 Å². The van der Waals surface area contributed by atoms with Crippen molar-refractivity contribution in [2.45, 2.75) is 32.6 Å². The number of ketones is 1. The number of esters is 1. The Kier molecular flexibility index (Phi) is 4.38. The molecular formula is C18H20N2O4. The summed E-state index contributed by atoms with van der Waals surface area (Å²) >= 11 is 0. The molecule has 0 saturated carbocycles. The Labute approximate surface area is 140 Å². The van der Waals surface area contributed by atoms with Gasteiger partial charge in [0.25, 0.3) is 0 Å². The molecule has 0 amide bonds. The second-order valence-corrected chi connectivity index (χ2v) is 6.09. The molecule has 1 aliphatic carbocycles. The number of nitrogens with zero attached hydrogens (tertiary/aromatic N) is 1. The number of ether oxygens (including phenoxy) is 2. The number of carbonyl (C=O) groups excluding carboxylic acids is 2. The predicted molar refractivity (Wildman–Crippen MR) is 86.3 cm³/mol. The molecule has 24 heavy (non-hydrogen) atoms. The smallest absolute Gasteiger partial charge is 0.340 e. The van der Waals surface area contributed by atoms with Crippen LogP contribution in [0.25, 0.3) is 0 Å². The lowest BCUT2D eigenvalue weighted by Crippen LogP contribution is -2.33. The highest BCUT2D eigenvalue weighted by Crippen LogP contribution is 2.44. The Morgan fingerprint density at radius 2 is 2.25 bits per heavy atom. The SMILES string of the molecule is CCOC(=O)C1=C(N)OC2=C(C(=O)C[C@H](C)C2)[C@@H]1c1cccnc1. The van der Waals surface area contributed by atoms with Gasteiger partial charge in [0.05, 0.1) is 12.5 Å². The average Bonchev–Trinajstić information content (AvgIpc) is 2.54. The molecular weight excluding hydrogens is 308 g/mol. The number of carbonyl (C=O) groups is 2. The maximum absolute atomic E-state index is 12.7. The number of allylic oxidation sites excluding steroid dienone is 2. The Hall–Kier alpha value is -2.63. The van der Waals surface area contributed by atoms with Crippen LogP contribution in [0.3, 0.4) is 0 Å². The van der Waals surface area contributed by atoms with E-state index in [1.807, 2.05) is 13.0 Å². The molecule has 0 aromatic carbocycles. The first-order valence-corrected chi connectivity index (χ1v) is 8.03. The van der Waals surface area contributed by atoms with E-state index in [4.69, 9.17) is 15.2 Å². The number of nitrogens with two attached hydrogens (primary N) is 1. The maximum atomic E-state index is 12.7. The molecule has 2 aliphatic rings. The third kappa shape index (κ3) is 2.79. The van der Waals surface area contributed by atoms with E-state index < -0.39 is 11.9 Å². The van der Waals surface area contributed by atoms with Crippen LogP contribution < -0.4 is 5.73 Å². The summed E-state index contributed by atoms with van der Waals surface area (Å²) in [6.07, 6.45) is 4.32. The van der Waals surface area contributed by atoms with E-state index >= 15 is 0 Å². The van der Waals surface area contributed by atoms with Gasteiger partial charge in [-0.05, 0) is 24.5 Å². The standard InChI is InChI=1S/C18H20N2O4/c1-3-23-18(22)16-14(11-5-4-6-20-9-11)15-12(21)7-10(2)8-13(15)24-17(16)19/h4-6,9-10,14H,3,7-8,19H2,1-2H3/t10-,14-/m0/s1. The lowest BCUT2D eigenvalue weighted by atomic mass is 9.75. The van der Waals surface area contributed by atoms with E-state index in [0.29, 0.717) is 24.2 Å². The van der Waals surface area contributed by atoms with Crippen LogP contribution in [0.2, 0.25) is 0 Å². The van der Waals surface area contributed by atoms with Crippen LogP contribution in [-0.2, 0) is 19.1 Å². The van der Waals surface area contributed by atoms with Gasteiger partial charge in [0.15, 0.2) is 5.78 Å². The fourth-order valence-corrected chi connectivity index (χ4v) is 3.28. The molecule has 2 atom stereocenters. The second-order valence-electron chi connectivity index (χ2n) is 6.09. The summed E-state index contributed by atoms with van der Waals surface area (Å²) in [5.74, 6) is -0.445. The van der Waals surface area contributed by atoms with Crippen LogP contribution in [0.1, 0.15) is 38.2 Å². The molecule has 126 valence electrons. The second kappa shape index (κ2) is 6.47. The number of Topliss-reactive ketones (excluding diaryl/α,β-unsaturated/α-hetero) is 1. The highest BCUT2D eigenvalue weighted by molar-refractivity contribution is 6.03. The van der Waals surface area contributed by atoms with Crippen molar-refractivity contribution in [1.82, 2.24) is 4.98 Å². The zero-order chi connectivity index (χ0) is 17.3. The number of hydrogen-bond donors (Lipinski definition) is 1. The van der Waals surface area contributed by atoms with Gasteiger partial charge in [-0.25, -0.2) is 4.79 Å². The van der Waals surface area contributed by atoms with E-state index in [0.717, 1.165) is 5.56 Å². The van der Waals surface area contributed by atoms with Gasteiger partial charge in [0.2, 0.25) is 5.88 Å². The normalized spacial score (nSPS) is 23.7. The van der Waals surface area contributed by atoms with Crippen molar-refractivity contribution in [3.63, 3.8) is 0 Å². The molecule has 0 unspecified atom stereocenters. The van der Waals surface area contributed by atoms with Gasteiger partial charge >= 0.3 is 5.97 Å². The van der Waals surface area contributed by atoms with Crippen LogP contribution in [-0.4, -0.2) is 23.3 Å². The Balaban J connectivity index is 2.15. The summed E-state index contributed by atoms with van der Waals surface area (Å²) in [5, 5.41) is 0. The molecule has 6 heteroatoms. The van der Waals surface area contributed by atoms with E-state index in [1.54, 1.807) is 25.4 Å². The van der Waals surface area contributed by atoms with E-state index in [2.05, 4.69) is 4.98 Å². The molecule has 2 heterocycles. The molecule has 6 nitrogen and oxygen atoms in total. The zero-order valence-electron chi connectivity index (χ0n) is 13.7. The third-order valence-electron chi connectivity index (χ3n) is 4.26. The van der Waals surface area contributed by atoms with Gasteiger partial charge in [-0.3, -0.25) is 9.78 Å². The van der Waals surface area contributed by atoms with Crippen LogP contribution >= 0.6 is 0 Å². The molecule has 0 saturated heterocycles. The van der Waals surface area contributed by atoms with Gasteiger partial charge in [0.1, 0.15) is 11.3 Å². The molecule has 1 aromatic heterocycles. The minimum atomic E-state index is -0.596. The maximum Gasteiger partial charge on any atom is 0.340 e. The number of rotatable bonds is 3. The first-order chi connectivity index (χ1) is 11.5. The first kappa shape index (κ1) is 16.2. The minimum Gasteiger partial charge on any atom is -0.462 e. The van der Waals surface area contributed by atoms with Crippen LogP contribution in [0, 0.1) is 5.92 Å². The predicted octanol–water partition coefficient (Wildman–Crippen LogP) is 2.18. The van der Waals surface area contributed by atoms with E-state index in [1.165, 1.54) is 0 Å². The summed E-state index contributed by atoms with van der Waals surface area (Å²) in [5.41, 5.74) is 7.42. The van der Waals surface area contributed by atoms with Crippen LogP contribution in [0.15, 0.2) is 47.3 Å². The lowest BCUT2D eigenvalue weighted by Gasteiger charge is -2.33. The van der Waals surface area contributed by atoms with Crippen LogP contribution in [0.5, 0.6) is 0 Å². The summed E-state index contributed by atoms with van der Waals surface area (Å²) in [6, 6.07) is 3.59. The van der Waals surface area contributed by atoms with Crippen molar-refractivity contribution >= 4 is 11.8 Å². The summed E-state index contributed by atoms with van der Waals surface area (Å²) in [7, 11) is 0. The molecule has 3 rings (SSSR count). The third-order valence-corrected chi connectivity index (χ3v) is 4.26. The molecule has 1 aromatic rings. The molecule has 0 spiro atoms. The topological polar surface area (TPSA) is 91.5 Å². The molecule has 0 radical (unpaired) electrons. The van der Waals surface area contributed by atoms with Crippen LogP contribution in [0.4, 0.5) is 0 Å². The van der Waals surface area contributed by atoms with Gasteiger partial charge < -0.3 is 15.2 Å². The molecule has 2 N–H and O–H groups in total. The molecule has 1 aliphatic heterocycles. The zero-order valence-corrected chi connectivity index (χ0v) is 13.7.